The molecular weight excluding hydrogens is 318 g/mol. The molecule has 1 aromatic rings. The van der Waals surface area contributed by atoms with Crippen LogP contribution in [-0.2, 0) is 4.79 Å². The first-order valence-corrected chi connectivity index (χ1v) is 8.95. The molecule has 25 heavy (non-hydrogen) atoms. The number of carbonyl (C=O) groups excluding carboxylic acids is 2. The largest absolute Gasteiger partial charge is 0.494 e. The van der Waals surface area contributed by atoms with E-state index in [1.165, 1.54) is 0 Å². The average molecular weight is 347 g/mol. The second-order valence-electron chi connectivity index (χ2n) is 6.88. The minimum absolute atomic E-state index is 0.0232. The molecule has 1 aromatic carbocycles. The van der Waals surface area contributed by atoms with Crippen molar-refractivity contribution in [2.45, 2.75) is 59.2 Å². The highest BCUT2D eigenvalue weighted by Gasteiger charge is 2.33. The van der Waals surface area contributed by atoms with Crippen LogP contribution in [0.4, 0.5) is 10.5 Å². The van der Waals surface area contributed by atoms with Crippen LogP contribution < -0.4 is 15.0 Å². The summed E-state index contributed by atoms with van der Waals surface area (Å²) in [6.07, 6.45) is 0.322. The summed E-state index contributed by atoms with van der Waals surface area (Å²) in [4.78, 5) is 28.4. The highest BCUT2D eigenvalue weighted by Crippen LogP contribution is 2.24. The van der Waals surface area contributed by atoms with Gasteiger partial charge in [0.05, 0.1) is 12.6 Å². The third kappa shape index (κ3) is 4.65. The Morgan fingerprint density at radius 2 is 1.84 bits per heavy atom. The molecule has 0 aliphatic carbocycles. The second kappa shape index (κ2) is 8.23. The van der Waals surface area contributed by atoms with Gasteiger partial charge in [0.15, 0.2) is 0 Å². The average Bonchev–Trinajstić information content (AvgIpc) is 2.88. The molecule has 1 saturated heterocycles. The Bertz CT molecular complexity index is 590. The van der Waals surface area contributed by atoms with Gasteiger partial charge in [0.25, 0.3) is 0 Å². The summed E-state index contributed by atoms with van der Waals surface area (Å²) in [7, 11) is 0. The van der Waals surface area contributed by atoms with Crippen molar-refractivity contribution in [3.05, 3.63) is 24.3 Å². The minimum atomic E-state index is -0.174. The molecular formula is C19H29N3O3. The molecule has 1 N–H and O–H groups in total. The molecule has 1 atom stereocenters. The molecule has 0 bridgehead atoms. The molecule has 1 aliphatic heterocycles. The van der Waals surface area contributed by atoms with Gasteiger partial charge in [-0.1, -0.05) is 0 Å². The maximum Gasteiger partial charge on any atom is 0.318 e. The molecule has 0 saturated carbocycles. The van der Waals surface area contributed by atoms with Crippen molar-refractivity contribution in [1.29, 1.82) is 0 Å². The van der Waals surface area contributed by atoms with Crippen LogP contribution in [0.2, 0.25) is 0 Å². The number of carbonyl (C=O) groups is 2. The monoisotopic (exact) mass is 347 g/mol. The molecule has 138 valence electrons. The summed E-state index contributed by atoms with van der Waals surface area (Å²) in [5.41, 5.74) is 0.828. The maximum absolute atomic E-state index is 12.5. The highest BCUT2D eigenvalue weighted by atomic mass is 16.5. The summed E-state index contributed by atoms with van der Waals surface area (Å²) >= 11 is 0. The quantitative estimate of drug-likeness (QED) is 0.860. The first-order chi connectivity index (χ1) is 11.8. The van der Waals surface area contributed by atoms with E-state index in [2.05, 4.69) is 5.32 Å². The van der Waals surface area contributed by atoms with Gasteiger partial charge in [-0.15, -0.1) is 0 Å². The van der Waals surface area contributed by atoms with E-state index >= 15 is 0 Å². The number of nitrogens with zero attached hydrogens (tertiary/aromatic N) is 2. The van der Waals surface area contributed by atoms with Gasteiger partial charge in [-0.2, -0.15) is 0 Å². The zero-order valence-corrected chi connectivity index (χ0v) is 15.8. The van der Waals surface area contributed by atoms with E-state index < -0.39 is 0 Å². The fraction of sp³-hybridized carbons (Fsp3) is 0.579. The molecule has 2 rings (SSSR count). The van der Waals surface area contributed by atoms with Gasteiger partial charge in [0, 0.05) is 30.7 Å². The van der Waals surface area contributed by atoms with Crippen molar-refractivity contribution in [3.63, 3.8) is 0 Å². The number of amides is 3. The second-order valence-corrected chi connectivity index (χ2v) is 6.88. The Morgan fingerprint density at radius 1 is 1.24 bits per heavy atom. The molecule has 6 nitrogen and oxygen atoms in total. The smallest absolute Gasteiger partial charge is 0.318 e. The molecule has 0 aromatic heterocycles. The number of urea groups is 1. The van der Waals surface area contributed by atoms with Crippen LogP contribution in [0, 0.1) is 0 Å². The van der Waals surface area contributed by atoms with Gasteiger partial charge in [-0.25, -0.2) is 4.79 Å². The van der Waals surface area contributed by atoms with Crippen LogP contribution in [0.15, 0.2) is 24.3 Å². The number of ether oxygens (including phenoxy) is 1. The molecule has 1 fully saturated rings. The summed E-state index contributed by atoms with van der Waals surface area (Å²) in [5.74, 6) is 0.808. The van der Waals surface area contributed by atoms with E-state index in [4.69, 9.17) is 4.74 Å². The van der Waals surface area contributed by atoms with E-state index in [-0.39, 0.29) is 30.1 Å². The lowest BCUT2D eigenvalue weighted by molar-refractivity contribution is -0.117. The number of benzene rings is 1. The summed E-state index contributed by atoms with van der Waals surface area (Å²) in [6, 6.07) is 7.40. The Kier molecular flexibility index (Phi) is 6.28. The van der Waals surface area contributed by atoms with Gasteiger partial charge in [-0.05, 0) is 58.9 Å². The van der Waals surface area contributed by atoms with Gasteiger partial charge in [0.1, 0.15) is 5.75 Å². The van der Waals surface area contributed by atoms with Crippen molar-refractivity contribution in [1.82, 2.24) is 10.2 Å². The molecule has 1 heterocycles. The fourth-order valence-corrected chi connectivity index (χ4v) is 3.26. The SMILES string of the molecule is CCOc1ccc(N2C[C@@H](NC(=O)N(C(C)C)C(C)C)CC2=O)cc1. The van der Waals surface area contributed by atoms with Crippen LogP contribution in [-0.4, -0.2) is 48.1 Å². The maximum atomic E-state index is 12.5. The van der Waals surface area contributed by atoms with Crippen LogP contribution in [0.1, 0.15) is 41.0 Å². The standard InChI is InChI=1S/C19H29N3O3/c1-6-25-17-9-7-16(8-10-17)21-12-15(11-18(21)23)20-19(24)22(13(2)3)14(4)5/h7-10,13-15H,6,11-12H2,1-5H3,(H,20,24)/t15-/m0/s1. The van der Waals surface area contributed by atoms with Crippen molar-refractivity contribution in [3.8, 4) is 5.75 Å². The lowest BCUT2D eigenvalue weighted by atomic mass is 10.2. The first-order valence-electron chi connectivity index (χ1n) is 8.95. The summed E-state index contributed by atoms with van der Waals surface area (Å²) in [6.45, 7) is 11.0. The van der Waals surface area contributed by atoms with Crippen molar-refractivity contribution >= 4 is 17.6 Å². The number of nitrogens with one attached hydrogen (secondary N) is 1. The number of hydrogen-bond donors (Lipinski definition) is 1. The lowest BCUT2D eigenvalue weighted by Crippen LogP contribution is -2.51. The van der Waals surface area contributed by atoms with Crippen LogP contribution in [0.25, 0.3) is 0 Å². The minimum Gasteiger partial charge on any atom is -0.494 e. The topological polar surface area (TPSA) is 61.9 Å². The Morgan fingerprint density at radius 3 is 2.36 bits per heavy atom. The molecule has 6 heteroatoms. The summed E-state index contributed by atoms with van der Waals surface area (Å²) < 4.78 is 5.43. The lowest BCUT2D eigenvalue weighted by Gasteiger charge is -2.32. The van der Waals surface area contributed by atoms with E-state index in [1.54, 1.807) is 9.80 Å². The normalized spacial score (nSPS) is 17.3. The van der Waals surface area contributed by atoms with Gasteiger partial charge < -0.3 is 19.9 Å². The molecule has 0 radical (unpaired) electrons. The fourth-order valence-electron chi connectivity index (χ4n) is 3.26. The van der Waals surface area contributed by atoms with E-state index in [9.17, 15) is 9.59 Å². The highest BCUT2D eigenvalue weighted by molar-refractivity contribution is 5.96. The Labute approximate surface area is 150 Å². The third-order valence-corrected chi connectivity index (χ3v) is 4.26. The molecule has 0 unspecified atom stereocenters. The zero-order chi connectivity index (χ0) is 18.6. The van der Waals surface area contributed by atoms with Crippen LogP contribution in [0.3, 0.4) is 0 Å². The van der Waals surface area contributed by atoms with Crippen molar-refractivity contribution < 1.29 is 14.3 Å². The molecule has 0 spiro atoms. The first kappa shape index (κ1) is 19.1. The summed E-state index contributed by atoms with van der Waals surface area (Å²) in [5, 5.41) is 3.00. The predicted molar refractivity (Wildman–Crippen MR) is 99.0 cm³/mol. The predicted octanol–water partition coefficient (Wildman–Crippen LogP) is 3.02. The third-order valence-electron chi connectivity index (χ3n) is 4.26. The molecule has 3 amide bonds. The number of hydrogen-bond acceptors (Lipinski definition) is 3. The number of rotatable bonds is 6. The van der Waals surface area contributed by atoms with Gasteiger partial charge in [-0.3, -0.25) is 4.79 Å². The zero-order valence-electron chi connectivity index (χ0n) is 15.8. The van der Waals surface area contributed by atoms with Crippen LogP contribution in [0.5, 0.6) is 5.75 Å². The molecule has 1 aliphatic rings. The Hall–Kier alpha value is -2.24. The Balaban J connectivity index is 2.01. The van der Waals surface area contributed by atoms with Gasteiger partial charge in [0.2, 0.25) is 5.91 Å². The van der Waals surface area contributed by atoms with Gasteiger partial charge >= 0.3 is 6.03 Å². The van der Waals surface area contributed by atoms with Crippen molar-refractivity contribution in [2.24, 2.45) is 0 Å². The number of anilines is 1. The van der Waals surface area contributed by atoms with Crippen LogP contribution >= 0.6 is 0 Å². The van der Waals surface area contributed by atoms with E-state index in [0.717, 1.165) is 11.4 Å². The van der Waals surface area contributed by atoms with E-state index in [1.807, 2.05) is 58.9 Å². The van der Waals surface area contributed by atoms with E-state index in [0.29, 0.717) is 19.6 Å². The van der Waals surface area contributed by atoms with Crippen molar-refractivity contribution in [2.75, 3.05) is 18.1 Å².